The molecule has 0 atom stereocenters. The molecule has 44 heavy (non-hydrogen) atoms. The molecule has 9 nitrogen and oxygen atoms in total. The summed E-state index contributed by atoms with van der Waals surface area (Å²) in [7, 11) is 0. The van der Waals surface area contributed by atoms with Crippen molar-refractivity contribution in [3.8, 4) is 22.3 Å². The van der Waals surface area contributed by atoms with Gasteiger partial charge in [0.05, 0.1) is 11.2 Å². The number of piperidine rings is 1. The van der Waals surface area contributed by atoms with E-state index in [0.717, 1.165) is 30.0 Å². The molecular weight excluding hydrogens is 568 g/mol. The summed E-state index contributed by atoms with van der Waals surface area (Å²) in [5, 5.41) is 16.7. The van der Waals surface area contributed by atoms with Crippen molar-refractivity contribution in [1.29, 1.82) is 0 Å². The fourth-order valence-corrected chi connectivity index (χ4v) is 5.48. The zero-order chi connectivity index (χ0) is 31.4. The Morgan fingerprint density at radius 2 is 1.70 bits per heavy atom. The minimum Gasteiger partial charge on any atom is -0.476 e. The number of hydrogen-bond donors (Lipinski definition) is 3. The first kappa shape index (κ1) is 30.8. The molecule has 1 saturated heterocycles. The van der Waals surface area contributed by atoms with E-state index in [1.54, 1.807) is 24.4 Å². The lowest BCUT2D eigenvalue weighted by Gasteiger charge is -2.36. The zero-order valence-corrected chi connectivity index (χ0v) is 24.9. The molecule has 0 aliphatic carbocycles. The lowest BCUT2D eigenvalue weighted by atomic mass is 9.95. The van der Waals surface area contributed by atoms with Gasteiger partial charge in [0.15, 0.2) is 5.69 Å². The highest BCUT2D eigenvalue weighted by molar-refractivity contribution is 6.03. The normalized spacial score (nSPS) is 14.1. The topological polar surface area (TPSA) is 117 Å². The predicted molar refractivity (Wildman–Crippen MR) is 165 cm³/mol. The van der Waals surface area contributed by atoms with Gasteiger partial charge in [0, 0.05) is 67.2 Å². The van der Waals surface area contributed by atoms with Crippen LogP contribution in [-0.2, 0) is 4.74 Å². The summed E-state index contributed by atoms with van der Waals surface area (Å²) in [6, 6.07) is 12.5. The third-order valence-electron chi connectivity index (χ3n) is 7.37. The number of carboxylic acid groups (broad SMARTS) is 1. The van der Waals surface area contributed by atoms with Crippen molar-refractivity contribution in [2.45, 2.75) is 45.3 Å². The summed E-state index contributed by atoms with van der Waals surface area (Å²) in [6.45, 7) is 7.75. The Labute approximate surface area is 254 Å². The van der Waals surface area contributed by atoms with Gasteiger partial charge in [-0.1, -0.05) is 12.1 Å². The lowest BCUT2D eigenvalue weighted by molar-refractivity contribution is 0.0527. The quantitative estimate of drug-likeness (QED) is 0.209. The van der Waals surface area contributed by atoms with Crippen LogP contribution >= 0.6 is 0 Å². The molecule has 1 fully saturated rings. The number of fused-ring (bicyclic) bond motifs is 1. The second-order valence-corrected chi connectivity index (χ2v) is 11.8. The maximum atomic E-state index is 14.4. The first-order valence-electron chi connectivity index (χ1n) is 14.5. The van der Waals surface area contributed by atoms with Crippen LogP contribution in [0, 0.1) is 11.6 Å². The van der Waals surface area contributed by atoms with E-state index in [-0.39, 0.29) is 11.7 Å². The van der Waals surface area contributed by atoms with Crippen molar-refractivity contribution in [3.63, 3.8) is 0 Å². The Balaban J connectivity index is 1.43. The average molecular weight is 604 g/mol. The molecule has 5 rings (SSSR count). The molecule has 2 aromatic carbocycles. The molecule has 0 unspecified atom stereocenters. The third kappa shape index (κ3) is 7.28. The molecule has 3 heterocycles. The van der Waals surface area contributed by atoms with E-state index in [1.165, 1.54) is 18.3 Å². The van der Waals surface area contributed by atoms with Crippen molar-refractivity contribution >= 4 is 28.7 Å². The van der Waals surface area contributed by atoms with Crippen LogP contribution in [0.4, 0.5) is 19.3 Å². The van der Waals surface area contributed by atoms with Gasteiger partial charge in [-0.25, -0.2) is 23.4 Å². The highest BCUT2D eigenvalue weighted by Gasteiger charge is 2.25. The molecule has 230 valence electrons. The number of aromatic nitrogens is 2. The van der Waals surface area contributed by atoms with E-state index < -0.39 is 29.3 Å². The van der Waals surface area contributed by atoms with Crippen LogP contribution in [-0.4, -0.2) is 65.0 Å². The Kier molecular flexibility index (Phi) is 9.05. The van der Waals surface area contributed by atoms with E-state index >= 15 is 0 Å². The number of pyridine rings is 2. The van der Waals surface area contributed by atoms with E-state index in [2.05, 4.69) is 25.5 Å². The number of rotatable bonds is 8. The number of hydrogen-bond acceptors (Lipinski definition) is 7. The van der Waals surface area contributed by atoms with Crippen LogP contribution in [0.1, 0.15) is 44.1 Å². The molecule has 1 amide bonds. The van der Waals surface area contributed by atoms with Gasteiger partial charge in [-0.2, -0.15) is 0 Å². The van der Waals surface area contributed by atoms with Crippen molar-refractivity contribution in [1.82, 2.24) is 20.6 Å². The van der Waals surface area contributed by atoms with Crippen molar-refractivity contribution in [2.24, 2.45) is 0 Å². The lowest BCUT2D eigenvalue weighted by Crippen LogP contribution is -2.45. The van der Waals surface area contributed by atoms with E-state index in [9.17, 15) is 23.5 Å². The Hall–Kier alpha value is -4.64. The van der Waals surface area contributed by atoms with Crippen molar-refractivity contribution in [3.05, 3.63) is 78.3 Å². The molecule has 2 aromatic heterocycles. The molecule has 0 spiro atoms. The second-order valence-electron chi connectivity index (χ2n) is 11.8. The van der Waals surface area contributed by atoms with E-state index in [4.69, 9.17) is 4.74 Å². The van der Waals surface area contributed by atoms with Gasteiger partial charge in [0.25, 0.3) is 0 Å². The molecule has 3 N–H and O–H groups in total. The number of nitrogens with zero attached hydrogens (tertiary/aromatic N) is 3. The monoisotopic (exact) mass is 603 g/mol. The Bertz CT molecular complexity index is 1660. The zero-order valence-electron chi connectivity index (χ0n) is 24.9. The number of nitrogens with one attached hydrogen (secondary N) is 2. The third-order valence-corrected chi connectivity index (χ3v) is 7.37. The summed E-state index contributed by atoms with van der Waals surface area (Å²) in [5.74, 6) is -2.52. The molecule has 0 bridgehead atoms. The molecular formula is C33H35F2N5O4. The number of halogens is 2. The number of ether oxygens (including phenoxy) is 1. The minimum absolute atomic E-state index is 0.0715. The predicted octanol–water partition coefficient (Wildman–Crippen LogP) is 6.02. The summed E-state index contributed by atoms with van der Waals surface area (Å²) in [4.78, 5) is 34.7. The molecule has 0 radical (unpaired) electrons. The SMILES string of the molecule is CC(C)(C)OC(=O)NCCNC1CCN(c2c(-c3cc(F)cc(F)c3)cnc3ccc(-c4cccnc4C(=O)O)cc23)CC1. The number of amides is 1. The van der Waals surface area contributed by atoms with Gasteiger partial charge in [-0.05, 0) is 75.1 Å². The maximum Gasteiger partial charge on any atom is 0.407 e. The van der Waals surface area contributed by atoms with Crippen molar-refractivity contribution in [2.75, 3.05) is 31.1 Å². The Morgan fingerprint density at radius 3 is 2.39 bits per heavy atom. The number of anilines is 1. The average Bonchev–Trinajstić information content (AvgIpc) is 2.97. The number of carbonyl (C=O) groups excluding carboxylic acids is 1. The number of benzene rings is 2. The number of aromatic carboxylic acids is 1. The number of carbonyl (C=O) groups is 2. The summed E-state index contributed by atoms with van der Waals surface area (Å²) in [6.07, 6.45) is 4.19. The van der Waals surface area contributed by atoms with Crippen LogP contribution in [0.25, 0.3) is 33.2 Å². The van der Waals surface area contributed by atoms with Crippen molar-refractivity contribution < 1.29 is 28.2 Å². The van der Waals surface area contributed by atoms with E-state index in [0.29, 0.717) is 53.9 Å². The second kappa shape index (κ2) is 12.9. The number of carboxylic acids is 1. The largest absolute Gasteiger partial charge is 0.476 e. The van der Waals surface area contributed by atoms with Crippen LogP contribution < -0.4 is 15.5 Å². The molecule has 4 aromatic rings. The summed E-state index contributed by atoms with van der Waals surface area (Å²) in [5.41, 5.74) is 2.84. The summed E-state index contributed by atoms with van der Waals surface area (Å²) < 4.78 is 34.0. The minimum atomic E-state index is -1.14. The first-order chi connectivity index (χ1) is 21.0. The smallest absolute Gasteiger partial charge is 0.407 e. The highest BCUT2D eigenvalue weighted by atomic mass is 19.1. The van der Waals surface area contributed by atoms with Crippen LogP contribution in [0.2, 0.25) is 0 Å². The maximum absolute atomic E-state index is 14.4. The van der Waals surface area contributed by atoms with E-state index in [1.807, 2.05) is 32.9 Å². The Morgan fingerprint density at radius 1 is 0.977 bits per heavy atom. The highest BCUT2D eigenvalue weighted by Crippen LogP contribution is 2.40. The van der Waals surface area contributed by atoms with Crippen LogP contribution in [0.3, 0.4) is 0 Å². The van der Waals surface area contributed by atoms with Gasteiger partial charge < -0.3 is 25.4 Å². The number of alkyl carbamates (subject to hydrolysis) is 1. The standard InChI is InChI=1S/C33H35F2N5O4/c1-33(2,3)44-32(43)38-12-11-36-24-8-13-40(14-9-24)30-26-17-20(25-5-4-10-37-29(25)31(41)42)6-7-28(26)39-19-27(30)21-15-22(34)18-23(35)16-21/h4-7,10,15-19,24,36H,8-9,11-14H2,1-3H3,(H,38,43)(H,41,42). The summed E-state index contributed by atoms with van der Waals surface area (Å²) >= 11 is 0. The van der Waals surface area contributed by atoms with Gasteiger partial charge in [-0.3, -0.25) is 4.98 Å². The fraction of sp³-hybridized carbons (Fsp3) is 0.333. The first-order valence-corrected chi connectivity index (χ1v) is 14.5. The molecule has 1 aliphatic rings. The van der Waals surface area contributed by atoms with Crippen LogP contribution in [0.5, 0.6) is 0 Å². The molecule has 0 saturated carbocycles. The van der Waals surface area contributed by atoms with Gasteiger partial charge in [-0.15, -0.1) is 0 Å². The van der Waals surface area contributed by atoms with Gasteiger partial charge in [0.2, 0.25) is 0 Å². The van der Waals surface area contributed by atoms with Crippen LogP contribution in [0.15, 0.2) is 60.9 Å². The molecule has 11 heteroatoms. The fourth-order valence-electron chi connectivity index (χ4n) is 5.48. The molecule has 1 aliphatic heterocycles. The van der Waals surface area contributed by atoms with Gasteiger partial charge >= 0.3 is 12.1 Å². The van der Waals surface area contributed by atoms with Gasteiger partial charge in [0.1, 0.15) is 17.2 Å².